The van der Waals surface area contributed by atoms with Gasteiger partial charge in [-0.25, -0.2) is 9.18 Å². The van der Waals surface area contributed by atoms with Crippen LogP contribution in [-0.4, -0.2) is 75.9 Å². The van der Waals surface area contributed by atoms with E-state index in [1.54, 1.807) is 28.8 Å². The first kappa shape index (κ1) is 29.6. The largest absolute Gasteiger partial charge is 0.508 e. The fourth-order valence-corrected chi connectivity index (χ4v) is 6.29. The zero-order valence-electron chi connectivity index (χ0n) is 24.8. The third kappa shape index (κ3) is 5.60. The van der Waals surface area contributed by atoms with Crippen molar-refractivity contribution in [1.82, 2.24) is 9.47 Å². The highest BCUT2D eigenvalue weighted by Gasteiger charge is 2.32. The van der Waals surface area contributed by atoms with Gasteiger partial charge >= 0.3 is 5.97 Å². The van der Waals surface area contributed by atoms with Gasteiger partial charge in [0.15, 0.2) is 5.78 Å². The summed E-state index contributed by atoms with van der Waals surface area (Å²) in [6, 6.07) is 12.4. The van der Waals surface area contributed by atoms with Crippen LogP contribution in [0.1, 0.15) is 57.7 Å². The number of hydrogen-bond acceptors (Lipinski definition) is 9. The van der Waals surface area contributed by atoms with Gasteiger partial charge in [0.1, 0.15) is 52.7 Å². The summed E-state index contributed by atoms with van der Waals surface area (Å²) in [6.45, 7) is 3.22. The Morgan fingerprint density at radius 2 is 1.74 bits per heavy atom. The van der Waals surface area contributed by atoms with Crippen molar-refractivity contribution in [2.24, 2.45) is 0 Å². The van der Waals surface area contributed by atoms with E-state index in [4.69, 9.17) is 9.47 Å². The van der Waals surface area contributed by atoms with Gasteiger partial charge in [0.2, 0.25) is 5.43 Å². The highest BCUT2D eigenvalue weighted by molar-refractivity contribution is 6.02. The molecule has 3 aromatic carbocycles. The maximum absolute atomic E-state index is 15.3. The summed E-state index contributed by atoms with van der Waals surface area (Å²) < 4.78 is 29.1. The van der Waals surface area contributed by atoms with E-state index in [1.165, 1.54) is 24.4 Å². The molecule has 0 spiro atoms. The second-order valence-electron chi connectivity index (χ2n) is 12.0. The van der Waals surface area contributed by atoms with Crippen molar-refractivity contribution in [2.45, 2.75) is 31.4 Å². The predicted octanol–water partition coefficient (Wildman–Crippen LogP) is 4.49. The Hall–Kier alpha value is -5.10. The lowest BCUT2D eigenvalue weighted by Crippen LogP contribution is -2.47. The number of anilines is 1. The van der Waals surface area contributed by atoms with Gasteiger partial charge in [-0.1, -0.05) is 12.1 Å². The second-order valence-corrected chi connectivity index (χ2v) is 12.0. The van der Waals surface area contributed by atoms with Crippen LogP contribution in [0.25, 0.3) is 10.9 Å². The molecule has 238 valence electrons. The third-order valence-electron chi connectivity index (χ3n) is 8.90. The summed E-state index contributed by atoms with van der Waals surface area (Å²) in [5, 5.41) is 29.7. The Balaban J connectivity index is 0.992. The molecule has 3 N–H and O–H groups in total. The molecule has 3 aliphatic rings. The number of piperazine rings is 1. The lowest BCUT2D eigenvalue weighted by Gasteiger charge is -2.36. The van der Waals surface area contributed by atoms with Crippen molar-refractivity contribution in [1.29, 1.82) is 0 Å². The van der Waals surface area contributed by atoms with Crippen LogP contribution in [0.5, 0.6) is 23.0 Å². The average molecular weight is 630 g/mol. The number of hydrogen-bond donors (Lipinski definition) is 3. The van der Waals surface area contributed by atoms with Crippen molar-refractivity contribution >= 4 is 28.3 Å². The first-order valence-corrected chi connectivity index (χ1v) is 15.2. The molecular formula is C34H32FN3O8. The van der Waals surface area contributed by atoms with E-state index in [1.807, 2.05) is 4.90 Å². The Morgan fingerprint density at radius 3 is 2.43 bits per heavy atom. The molecule has 0 radical (unpaired) electrons. The molecule has 1 saturated carbocycles. The number of carbonyl (C=O) groups is 2. The first-order chi connectivity index (χ1) is 22.2. The van der Waals surface area contributed by atoms with Gasteiger partial charge in [-0.2, -0.15) is 0 Å². The van der Waals surface area contributed by atoms with Gasteiger partial charge in [0.25, 0.3) is 0 Å². The number of aromatic nitrogens is 1. The molecule has 1 aliphatic carbocycles. The number of phenolic OH excluding ortho intramolecular Hbond substituents is 2. The monoisotopic (exact) mass is 629 g/mol. The van der Waals surface area contributed by atoms with Crippen LogP contribution in [0, 0.1) is 5.82 Å². The number of aromatic hydroxyl groups is 2. The fraction of sp³-hybridized carbons (Fsp3) is 0.324. The van der Waals surface area contributed by atoms with Crippen molar-refractivity contribution < 1.29 is 38.8 Å². The molecule has 0 unspecified atom stereocenters. The van der Waals surface area contributed by atoms with Crippen molar-refractivity contribution in [3.63, 3.8) is 0 Å². The number of carboxylic acids is 1. The number of aromatic carboxylic acids is 1. The number of Topliss-reactive ketones (excluding diaryl/α,β-unsaturated/α-hetero) is 1. The summed E-state index contributed by atoms with van der Waals surface area (Å²) in [5.41, 5.74) is 0.735. The molecule has 2 fully saturated rings. The van der Waals surface area contributed by atoms with Crippen molar-refractivity contribution in [2.75, 3.05) is 44.2 Å². The normalized spacial score (nSPS) is 18.3. The number of nitrogens with zero attached hydrogens (tertiary/aromatic N) is 3. The van der Waals surface area contributed by atoms with Crippen molar-refractivity contribution in [3.05, 3.63) is 87.5 Å². The molecular weight excluding hydrogens is 597 g/mol. The highest BCUT2D eigenvalue weighted by atomic mass is 19.1. The minimum absolute atomic E-state index is 0.0620. The van der Waals surface area contributed by atoms with Gasteiger partial charge in [-0.05, 0) is 42.7 Å². The number of ether oxygens (including phenoxy) is 2. The van der Waals surface area contributed by atoms with Crippen LogP contribution in [-0.2, 0) is 0 Å². The summed E-state index contributed by atoms with van der Waals surface area (Å²) in [7, 11) is 0. The molecule has 7 rings (SSSR count). The lowest BCUT2D eigenvalue weighted by atomic mass is 9.95. The SMILES string of the molecule is O=C1C[C@@H](c2ccc(O)cc2)Oc2cc(OCCN3CCN(c4cc5c(cc4F)c(=O)c(C(=O)O)cn5C4CC4)CC3)cc(O)c21. The Kier molecular flexibility index (Phi) is 7.52. The van der Waals surface area contributed by atoms with E-state index in [9.17, 15) is 29.7 Å². The summed E-state index contributed by atoms with van der Waals surface area (Å²) >= 11 is 0. The van der Waals surface area contributed by atoms with E-state index in [0.717, 1.165) is 24.5 Å². The van der Waals surface area contributed by atoms with Crippen LogP contribution < -0.4 is 19.8 Å². The number of benzene rings is 3. The average Bonchev–Trinajstić information content (AvgIpc) is 3.87. The van der Waals surface area contributed by atoms with Crippen LogP contribution in [0.3, 0.4) is 0 Å². The number of rotatable bonds is 8. The molecule has 1 aromatic heterocycles. The third-order valence-corrected chi connectivity index (χ3v) is 8.90. The summed E-state index contributed by atoms with van der Waals surface area (Å²) in [4.78, 5) is 41.3. The lowest BCUT2D eigenvalue weighted by molar-refractivity contribution is 0.0694. The molecule has 2 aliphatic heterocycles. The molecule has 46 heavy (non-hydrogen) atoms. The number of ketones is 1. The number of fused-ring (bicyclic) bond motifs is 2. The quantitative estimate of drug-likeness (QED) is 0.255. The van der Waals surface area contributed by atoms with Gasteiger partial charge in [-0.15, -0.1) is 0 Å². The van der Waals surface area contributed by atoms with Gasteiger partial charge in [-0.3, -0.25) is 14.5 Å². The molecule has 1 saturated heterocycles. The summed E-state index contributed by atoms with van der Waals surface area (Å²) in [5.74, 6) is -1.63. The molecule has 4 aromatic rings. The Labute approximate surface area is 262 Å². The van der Waals surface area contributed by atoms with Gasteiger partial charge in [0.05, 0.1) is 17.6 Å². The van der Waals surface area contributed by atoms with Crippen molar-refractivity contribution in [3.8, 4) is 23.0 Å². The highest BCUT2D eigenvalue weighted by Crippen LogP contribution is 2.42. The van der Waals surface area contributed by atoms with Gasteiger partial charge in [0, 0.05) is 62.5 Å². The molecule has 12 heteroatoms. The Morgan fingerprint density at radius 1 is 1.00 bits per heavy atom. The maximum Gasteiger partial charge on any atom is 0.341 e. The van der Waals surface area contributed by atoms with Crippen LogP contribution in [0.15, 0.2) is 59.5 Å². The van der Waals surface area contributed by atoms with E-state index >= 15 is 4.39 Å². The summed E-state index contributed by atoms with van der Waals surface area (Å²) in [6.07, 6.45) is 2.64. The number of halogens is 1. The first-order valence-electron chi connectivity index (χ1n) is 15.2. The van der Waals surface area contributed by atoms with E-state index in [2.05, 4.69) is 4.90 Å². The van der Waals surface area contributed by atoms with Crippen LogP contribution in [0.4, 0.5) is 10.1 Å². The standard InChI is InChI=1S/C34H32FN3O8/c35-25-15-23-26(38(20-3-4-20)18-24(33(23)42)34(43)44)16-27(25)37-9-7-36(8-10-37)11-12-45-22-13-28(40)32-29(41)17-30(46-31(32)14-22)19-1-5-21(39)6-2-19/h1-2,5-6,13-16,18,20,30,39-40H,3-4,7-12,17H2,(H,43,44)/t30-/m0/s1. The minimum atomic E-state index is -1.32. The number of carbonyl (C=O) groups excluding carboxylic acids is 1. The number of pyridine rings is 1. The van der Waals surface area contributed by atoms with Gasteiger partial charge < -0.3 is 34.3 Å². The van der Waals surface area contributed by atoms with E-state index < -0.39 is 23.3 Å². The number of carboxylic acid groups (broad SMARTS) is 1. The number of phenols is 2. The maximum atomic E-state index is 15.3. The topological polar surface area (TPSA) is 142 Å². The zero-order chi connectivity index (χ0) is 32.1. The van der Waals surface area contributed by atoms with E-state index in [0.29, 0.717) is 56.3 Å². The van der Waals surface area contributed by atoms with Crippen LogP contribution >= 0.6 is 0 Å². The molecule has 11 nitrogen and oxygen atoms in total. The van der Waals surface area contributed by atoms with Crippen LogP contribution in [0.2, 0.25) is 0 Å². The zero-order valence-corrected chi connectivity index (χ0v) is 24.8. The smallest absolute Gasteiger partial charge is 0.341 e. The second kappa shape index (κ2) is 11.7. The Bertz CT molecular complexity index is 1910. The molecule has 1 atom stereocenters. The minimum Gasteiger partial charge on any atom is -0.508 e. The fourth-order valence-electron chi connectivity index (χ4n) is 6.29. The molecule has 3 heterocycles. The predicted molar refractivity (Wildman–Crippen MR) is 166 cm³/mol. The van der Waals surface area contributed by atoms with E-state index in [-0.39, 0.29) is 52.0 Å². The molecule has 0 amide bonds. The molecule has 0 bridgehead atoms.